The van der Waals surface area contributed by atoms with Crippen LogP contribution >= 0.6 is 23.2 Å². The lowest BCUT2D eigenvalue weighted by Crippen LogP contribution is -2.15. The van der Waals surface area contributed by atoms with Gasteiger partial charge in [0.05, 0.1) is 30.4 Å². The molecule has 0 atom stereocenters. The van der Waals surface area contributed by atoms with Gasteiger partial charge in [-0.2, -0.15) is 0 Å². The summed E-state index contributed by atoms with van der Waals surface area (Å²) in [7, 11) is -8.05. The molecule has 3 aromatic rings. The zero-order chi connectivity index (χ0) is 22.8. The molecule has 0 aromatic heterocycles. The van der Waals surface area contributed by atoms with Crippen molar-refractivity contribution in [1.29, 1.82) is 0 Å². The summed E-state index contributed by atoms with van der Waals surface area (Å²) in [5.74, 6) is 0. The maximum absolute atomic E-state index is 12.6. The second kappa shape index (κ2) is 8.71. The first-order valence-corrected chi connectivity index (χ1v) is 12.1. The molecule has 0 aliphatic rings. The van der Waals surface area contributed by atoms with Crippen LogP contribution in [0.25, 0.3) is 0 Å². The summed E-state index contributed by atoms with van der Waals surface area (Å²) >= 11 is 11.9. The standard InChI is InChI=1S/C18H13Cl2N3O6S2/c19-16-2-1-3-17(18(16)20)22-31(28,29)14-8-4-12(5-9-14)21-30(26,27)15-10-6-13(7-11-15)23(24)25/h1-11,21-22H. The monoisotopic (exact) mass is 501 g/mol. The summed E-state index contributed by atoms with van der Waals surface area (Å²) in [6, 6.07) is 13.7. The van der Waals surface area contributed by atoms with E-state index >= 15 is 0 Å². The third-order valence-corrected chi connectivity index (χ3v) is 7.57. The number of rotatable bonds is 7. The van der Waals surface area contributed by atoms with E-state index in [4.69, 9.17) is 23.2 Å². The molecule has 0 unspecified atom stereocenters. The third kappa shape index (κ3) is 5.25. The molecule has 0 aliphatic heterocycles. The Morgan fingerprint density at radius 2 is 1.26 bits per heavy atom. The average molecular weight is 502 g/mol. The van der Waals surface area contributed by atoms with Crippen molar-refractivity contribution >= 4 is 60.3 Å². The van der Waals surface area contributed by atoms with Gasteiger partial charge in [-0.1, -0.05) is 29.3 Å². The highest BCUT2D eigenvalue weighted by molar-refractivity contribution is 7.93. The second-order valence-corrected chi connectivity index (χ2v) is 10.2. The molecule has 0 aliphatic carbocycles. The van der Waals surface area contributed by atoms with Crippen molar-refractivity contribution in [3.63, 3.8) is 0 Å². The largest absolute Gasteiger partial charge is 0.280 e. The molecular weight excluding hydrogens is 489 g/mol. The summed E-state index contributed by atoms with van der Waals surface area (Å²) in [5.41, 5.74) is -0.0592. The predicted molar refractivity (Wildman–Crippen MR) is 118 cm³/mol. The Bertz CT molecular complexity index is 1340. The molecule has 0 fully saturated rings. The fourth-order valence-electron chi connectivity index (χ4n) is 2.45. The van der Waals surface area contributed by atoms with E-state index in [1.807, 2.05) is 0 Å². The summed E-state index contributed by atoms with van der Waals surface area (Å²) < 4.78 is 54.6. The smallest absolute Gasteiger partial charge is 0.269 e. The topological polar surface area (TPSA) is 135 Å². The quantitative estimate of drug-likeness (QED) is 0.361. The highest BCUT2D eigenvalue weighted by Crippen LogP contribution is 2.31. The fraction of sp³-hybridized carbons (Fsp3) is 0. The van der Waals surface area contributed by atoms with Crippen molar-refractivity contribution in [3.8, 4) is 0 Å². The lowest BCUT2D eigenvalue weighted by Gasteiger charge is -2.12. The van der Waals surface area contributed by atoms with E-state index in [1.165, 1.54) is 42.5 Å². The molecule has 0 amide bonds. The van der Waals surface area contributed by atoms with Crippen molar-refractivity contribution in [2.45, 2.75) is 9.79 Å². The predicted octanol–water partition coefficient (Wildman–Crippen LogP) is 4.50. The Morgan fingerprint density at radius 3 is 1.81 bits per heavy atom. The van der Waals surface area contributed by atoms with E-state index in [9.17, 15) is 26.9 Å². The minimum atomic E-state index is -4.03. The normalized spacial score (nSPS) is 11.7. The first-order chi connectivity index (χ1) is 14.5. The molecule has 162 valence electrons. The minimum Gasteiger partial charge on any atom is -0.280 e. The molecule has 3 rings (SSSR count). The molecule has 3 aromatic carbocycles. The Hall–Kier alpha value is -2.86. The van der Waals surface area contributed by atoms with Gasteiger partial charge in [-0.3, -0.25) is 19.6 Å². The average Bonchev–Trinajstić information content (AvgIpc) is 2.71. The number of anilines is 2. The second-order valence-electron chi connectivity index (χ2n) is 6.09. The van der Waals surface area contributed by atoms with Gasteiger partial charge in [0.15, 0.2) is 0 Å². The number of benzene rings is 3. The van der Waals surface area contributed by atoms with Gasteiger partial charge in [-0.15, -0.1) is 0 Å². The van der Waals surface area contributed by atoms with Crippen LogP contribution in [0.15, 0.2) is 76.5 Å². The van der Waals surface area contributed by atoms with Crippen molar-refractivity contribution < 1.29 is 21.8 Å². The van der Waals surface area contributed by atoms with Crippen LogP contribution in [-0.4, -0.2) is 21.8 Å². The molecule has 31 heavy (non-hydrogen) atoms. The number of nitrogens with one attached hydrogen (secondary N) is 2. The molecule has 0 heterocycles. The number of nitrogens with zero attached hydrogens (tertiary/aromatic N) is 1. The van der Waals surface area contributed by atoms with Gasteiger partial charge >= 0.3 is 0 Å². The van der Waals surface area contributed by atoms with E-state index < -0.39 is 25.0 Å². The summed E-state index contributed by atoms with van der Waals surface area (Å²) in [4.78, 5) is 9.72. The number of nitro groups is 1. The van der Waals surface area contributed by atoms with Crippen molar-refractivity contribution in [1.82, 2.24) is 0 Å². The van der Waals surface area contributed by atoms with Crippen LogP contribution in [0.5, 0.6) is 0 Å². The first-order valence-electron chi connectivity index (χ1n) is 8.34. The van der Waals surface area contributed by atoms with Gasteiger partial charge in [0.2, 0.25) is 0 Å². The lowest BCUT2D eigenvalue weighted by molar-refractivity contribution is -0.384. The number of sulfonamides is 2. The number of non-ortho nitro benzene ring substituents is 1. The molecule has 0 radical (unpaired) electrons. The van der Waals surface area contributed by atoms with E-state index in [-0.39, 0.29) is 36.9 Å². The van der Waals surface area contributed by atoms with Gasteiger partial charge in [0.25, 0.3) is 25.7 Å². The maximum Gasteiger partial charge on any atom is 0.269 e. The molecule has 13 heteroatoms. The molecule has 9 nitrogen and oxygen atoms in total. The number of hydrogen-bond donors (Lipinski definition) is 2. The Kier molecular flexibility index (Phi) is 6.41. The highest BCUT2D eigenvalue weighted by Gasteiger charge is 2.19. The van der Waals surface area contributed by atoms with Crippen molar-refractivity contribution in [2.75, 3.05) is 9.44 Å². The summed E-state index contributed by atoms with van der Waals surface area (Å²) in [6.45, 7) is 0. The van der Waals surface area contributed by atoms with Crippen LogP contribution in [0.3, 0.4) is 0 Å². The minimum absolute atomic E-state index is 0.0419. The Balaban J connectivity index is 1.79. The molecule has 0 spiro atoms. The van der Waals surface area contributed by atoms with E-state index in [1.54, 1.807) is 0 Å². The Morgan fingerprint density at radius 1 is 0.742 bits per heavy atom. The van der Waals surface area contributed by atoms with Gasteiger partial charge in [-0.25, -0.2) is 16.8 Å². The van der Waals surface area contributed by atoms with Gasteiger partial charge < -0.3 is 0 Å². The SMILES string of the molecule is O=[N+]([O-])c1ccc(S(=O)(=O)Nc2ccc(S(=O)(=O)Nc3cccc(Cl)c3Cl)cc2)cc1. The highest BCUT2D eigenvalue weighted by atomic mass is 35.5. The molecule has 0 saturated carbocycles. The van der Waals surface area contributed by atoms with Crippen LogP contribution in [0, 0.1) is 10.1 Å². The fourth-order valence-corrected chi connectivity index (χ4v) is 4.98. The van der Waals surface area contributed by atoms with Crippen LogP contribution in [0.1, 0.15) is 0 Å². The number of hydrogen-bond acceptors (Lipinski definition) is 6. The zero-order valence-electron chi connectivity index (χ0n) is 15.3. The van der Waals surface area contributed by atoms with Crippen LogP contribution in [0.2, 0.25) is 10.0 Å². The van der Waals surface area contributed by atoms with Crippen molar-refractivity contribution in [2.24, 2.45) is 0 Å². The molecule has 2 N–H and O–H groups in total. The summed E-state index contributed by atoms with van der Waals surface area (Å²) in [6.07, 6.45) is 0. The van der Waals surface area contributed by atoms with Gasteiger partial charge in [-0.05, 0) is 48.5 Å². The van der Waals surface area contributed by atoms with E-state index in [2.05, 4.69) is 9.44 Å². The zero-order valence-corrected chi connectivity index (χ0v) is 18.5. The first kappa shape index (κ1) is 22.8. The number of nitro benzene ring substituents is 1. The molecule has 0 bridgehead atoms. The number of halogens is 2. The van der Waals surface area contributed by atoms with Gasteiger partial charge in [0.1, 0.15) is 0 Å². The lowest BCUT2D eigenvalue weighted by atomic mass is 10.3. The maximum atomic E-state index is 12.6. The Labute approximate surface area is 187 Å². The van der Waals surface area contributed by atoms with Crippen molar-refractivity contribution in [3.05, 3.63) is 86.9 Å². The van der Waals surface area contributed by atoms with Crippen LogP contribution in [-0.2, 0) is 20.0 Å². The molecular formula is C18H13Cl2N3O6S2. The molecule has 0 saturated heterocycles. The third-order valence-electron chi connectivity index (χ3n) is 3.97. The van der Waals surface area contributed by atoms with E-state index in [0.717, 1.165) is 24.3 Å². The van der Waals surface area contributed by atoms with Gasteiger partial charge in [0, 0.05) is 17.8 Å². The summed E-state index contributed by atoms with van der Waals surface area (Å²) in [5, 5.41) is 10.9. The van der Waals surface area contributed by atoms with E-state index in [0.29, 0.717) is 0 Å². The van der Waals surface area contributed by atoms with Crippen LogP contribution < -0.4 is 9.44 Å². The van der Waals surface area contributed by atoms with Crippen LogP contribution in [0.4, 0.5) is 17.1 Å².